The second kappa shape index (κ2) is 4.96. The summed E-state index contributed by atoms with van der Waals surface area (Å²) >= 11 is 0. The molecule has 0 spiro atoms. The van der Waals surface area contributed by atoms with Crippen LogP contribution in [0.25, 0.3) is 0 Å². The lowest BCUT2D eigenvalue weighted by Crippen LogP contribution is -2.11. The average molecular weight is 206 g/mol. The number of carbonyl (C=O) groups is 1. The van der Waals surface area contributed by atoms with Crippen LogP contribution < -0.4 is 0 Å². The van der Waals surface area contributed by atoms with Crippen LogP contribution in [0.4, 0.5) is 0 Å². The van der Waals surface area contributed by atoms with Crippen LogP contribution in [-0.2, 0) is 9.53 Å². The van der Waals surface area contributed by atoms with Gasteiger partial charge in [-0.2, -0.15) is 0 Å². The summed E-state index contributed by atoms with van der Waals surface area (Å²) in [5, 5.41) is 0. The molecule has 2 nitrogen and oxygen atoms in total. The quantitative estimate of drug-likeness (QED) is 0.710. The Hall–Kier alpha value is -1.31. The standard InChI is InChI=1S/C13H18O2/c1-9(2)11-6-5-7-12(8-11)10(3)13(14)15-4/h5-10H,1-4H3/t10-/m1/s1. The van der Waals surface area contributed by atoms with Crippen LogP contribution in [0.15, 0.2) is 24.3 Å². The molecule has 0 unspecified atom stereocenters. The minimum atomic E-state index is -0.186. The Morgan fingerprint density at radius 2 is 1.80 bits per heavy atom. The molecule has 0 bridgehead atoms. The van der Waals surface area contributed by atoms with Crippen LogP contribution in [0, 0.1) is 0 Å². The predicted octanol–water partition coefficient (Wildman–Crippen LogP) is 3.09. The van der Waals surface area contributed by atoms with Crippen molar-refractivity contribution in [3.8, 4) is 0 Å². The third-order valence-corrected chi connectivity index (χ3v) is 2.63. The zero-order chi connectivity index (χ0) is 11.4. The van der Waals surface area contributed by atoms with Gasteiger partial charge in [-0.3, -0.25) is 4.79 Å². The molecule has 0 aliphatic heterocycles. The molecule has 0 heterocycles. The molecule has 0 aliphatic carbocycles. The number of ether oxygens (including phenoxy) is 1. The van der Waals surface area contributed by atoms with Gasteiger partial charge in [0.1, 0.15) is 0 Å². The maximum absolute atomic E-state index is 11.4. The summed E-state index contributed by atoms with van der Waals surface area (Å²) in [5.41, 5.74) is 2.27. The van der Waals surface area contributed by atoms with Gasteiger partial charge in [-0.25, -0.2) is 0 Å². The zero-order valence-electron chi connectivity index (χ0n) is 9.78. The van der Waals surface area contributed by atoms with Crippen LogP contribution in [0.3, 0.4) is 0 Å². The van der Waals surface area contributed by atoms with Gasteiger partial charge in [0, 0.05) is 0 Å². The van der Waals surface area contributed by atoms with E-state index in [1.54, 1.807) is 0 Å². The molecular formula is C13H18O2. The highest BCUT2D eigenvalue weighted by Crippen LogP contribution is 2.21. The molecule has 0 fully saturated rings. The van der Waals surface area contributed by atoms with Gasteiger partial charge < -0.3 is 4.74 Å². The minimum Gasteiger partial charge on any atom is -0.469 e. The minimum absolute atomic E-state index is 0.184. The maximum atomic E-state index is 11.4. The van der Waals surface area contributed by atoms with Gasteiger partial charge in [0.05, 0.1) is 13.0 Å². The Morgan fingerprint density at radius 3 is 2.33 bits per heavy atom. The van der Waals surface area contributed by atoms with Crippen LogP contribution in [0.5, 0.6) is 0 Å². The van der Waals surface area contributed by atoms with Crippen molar-refractivity contribution >= 4 is 5.97 Å². The van der Waals surface area contributed by atoms with Crippen molar-refractivity contribution < 1.29 is 9.53 Å². The van der Waals surface area contributed by atoms with Gasteiger partial charge in [0.2, 0.25) is 0 Å². The number of rotatable bonds is 3. The summed E-state index contributed by atoms with van der Waals surface area (Å²) in [6, 6.07) is 8.11. The molecule has 0 radical (unpaired) electrons. The monoisotopic (exact) mass is 206 g/mol. The van der Waals surface area contributed by atoms with Crippen molar-refractivity contribution in [2.75, 3.05) is 7.11 Å². The topological polar surface area (TPSA) is 26.3 Å². The number of benzene rings is 1. The van der Waals surface area contributed by atoms with Crippen molar-refractivity contribution in [1.29, 1.82) is 0 Å². The molecule has 15 heavy (non-hydrogen) atoms. The van der Waals surface area contributed by atoms with E-state index in [0.717, 1.165) is 5.56 Å². The van der Waals surface area contributed by atoms with Crippen molar-refractivity contribution in [3.63, 3.8) is 0 Å². The number of hydrogen-bond acceptors (Lipinski definition) is 2. The van der Waals surface area contributed by atoms with Crippen LogP contribution in [0.2, 0.25) is 0 Å². The highest BCUT2D eigenvalue weighted by atomic mass is 16.5. The second-order valence-electron chi connectivity index (χ2n) is 4.07. The first-order valence-corrected chi connectivity index (χ1v) is 5.24. The lowest BCUT2D eigenvalue weighted by Gasteiger charge is -2.12. The Labute approximate surface area is 91.3 Å². The SMILES string of the molecule is COC(=O)[C@H](C)c1cccc(C(C)C)c1. The first-order chi connectivity index (χ1) is 7.06. The molecule has 1 atom stereocenters. The average Bonchev–Trinajstić information content (AvgIpc) is 2.27. The van der Waals surface area contributed by atoms with E-state index in [4.69, 9.17) is 4.74 Å². The summed E-state index contributed by atoms with van der Waals surface area (Å²) in [4.78, 5) is 11.4. The normalized spacial score (nSPS) is 12.6. The van der Waals surface area contributed by atoms with Crippen LogP contribution in [-0.4, -0.2) is 13.1 Å². The van der Waals surface area contributed by atoms with Crippen molar-refractivity contribution in [2.45, 2.75) is 32.6 Å². The molecular weight excluding hydrogens is 188 g/mol. The summed E-state index contributed by atoms with van der Waals surface area (Å²) in [6.07, 6.45) is 0. The van der Waals surface area contributed by atoms with Gasteiger partial charge in [-0.15, -0.1) is 0 Å². The van der Waals surface area contributed by atoms with Crippen molar-refractivity contribution in [1.82, 2.24) is 0 Å². The molecule has 0 amide bonds. The summed E-state index contributed by atoms with van der Waals surface area (Å²) in [7, 11) is 1.42. The predicted molar refractivity (Wildman–Crippen MR) is 61.0 cm³/mol. The van der Waals surface area contributed by atoms with E-state index in [-0.39, 0.29) is 11.9 Å². The molecule has 82 valence electrons. The summed E-state index contributed by atoms with van der Waals surface area (Å²) in [5.74, 6) is 0.111. The fourth-order valence-electron chi connectivity index (χ4n) is 1.50. The summed E-state index contributed by atoms with van der Waals surface area (Å²) in [6.45, 7) is 6.15. The Morgan fingerprint density at radius 1 is 1.20 bits per heavy atom. The third kappa shape index (κ3) is 2.82. The molecule has 0 aliphatic rings. The molecule has 2 heteroatoms. The molecule has 1 aromatic rings. The van der Waals surface area contributed by atoms with Crippen LogP contribution in [0.1, 0.15) is 43.7 Å². The van der Waals surface area contributed by atoms with Gasteiger partial charge in [-0.1, -0.05) is 38.1 Å². The highest BCUT2D eigenvalue weighted by molar-refractivity contribution is 5.77. The summed E-state index contributed by atoms with van der Waals surface area (Å²) < 4.78 is 4.73. The van der Waals surface area contributed by atoms with E-state index >= 15 is 0 Å². The lowest BCUT2D eigenvalue weighted by molar-refractivity contribution is -0.141. The van der Waals surface area contributed by atoms with Gasteiger partial charge >= 0.3 is 5.97 Å². The zero-order valence-corrected chi connectivity index (χ0v) is 9.78. The Bertz CT molecular complexity index is 342. The molecule has 1 aromatic carbocycles. The third-order valence-electron chi connectivity index (χ3n) is 2.63. The fourth-order valence-corrected chi connectivity index (χ4v) is 1.50. The molecule has 0 aromatic heterocycles. The van der Waals surface area contributed by atoms with E-state index in [9.17, 15) is 4.79 Å². The van der Waals surface area contributed by atoms with E-state index in [0.29, 0.717) is 5.92 Å². The van der Waals surface area contributed by atoms with E-state index in [1.807, 2.05) is 19.1 Å². The van der Waals surface area contributed by atoms with Gasteiger partial charge in [0.25, 0.3) is 0 Å². The van der Waals surface area contributed by atoms with E-state index in [1.165, 1.54) is 12.7 Å². The second-order valence-corrected chi connectivity index (χ2v) is 4.07. The Balaban J connectivity index is 2.95. The molecule has 1 rings (SSSR count). The Kier molecular flexibility index (Phi) is 3.89. The fraction of sp³-hybridized carbons (Fsp3) is 0.462. The van der Waals surface area contributed by atoms with Crippen molar-refractivity contribution in [3.05, 3.63) is 35.4 Å². The number of esters is 1. The number of hydrogen-bond donors (Lipinski definition) is 0. The molecule has 0 saturated heterocycles. The first-order valence-electron chi connectivity index (χ1n) is 5.24. The maximum Gasteiger partial charge on any atom is 0.312 e. The van der Waals surface area contributed by atoms with E-state index < -0.39 is 0 Å². The molecule has 0 N–H and O–H groups in total. The highest BCUT2D eigenvalue weighted by Gasteiger charge is 2.15. The number of methoxy groups -OCH3 is 1. The first kappa shape index (κ1) is 11.8. The van der Waals surface area contributed by atoms with Crippen LogP contribution >= 0.6 is 0 Å². The smallest absolute Gasteiger partial charge is 0.312 e. The molecule has 0 saturated carbocycles. The van der Waals surface area contributed by atoms with Crippen molar-refractivity contribution in [2.24, 2.45) is 0 Å². The largest absolute Gasteiger partial charge is 0.469 e. The number of carbonyl (C=O) groups excluding carboxylic acids is 1. The van der Waals surface area contributed by atoms with Gasteiger partial charge in [0.15, 0.2) is 0 Å². The lowest BCUT2D eigenvalue weighted by atomic mass is 9.95. The van der Waals surface area contributed by atoms with E-state index in [2.05, 4.69) is 26.0 Å². The van der Waals surface area contributed by atoms with Gasteiger partial charge in [-0.05, 0) is 24.0 Å².